The van der Waals surface area contributed by atoms with E-state index in [-0.39, 0.29) is 12.2 Å². The van der Waals surface area contributed by atoms with E-state index in [4.69, 9.17) is 0 Å². The molecule has 0 aliphatic carbocycles. The molecule has 0 heterocycles. The van der Waals surface area contributed by atoms with E-state index in [9.17, 15) is 4.79 Å². The maximum Gasteiger partial charge on any atom is 0.320 e. The molecule has 0 saturated heterocycles. The van der Waals surface area contributed by atoms with Gasteiger partial charge < -0.3 is 10.6 Å². The third-order valence-electron chi connectivity index (χ3n) is 3.36. The highest BCUT2D eigenvalue weighted by atomic mass is 16.2. The minimum absolute atomic E-state index is 0.0198. The normalized spacial score (nSPS) is 12.0. The number of nitrogens with one attached hydrogen (secondary N) is 2. The summed E-state index contributed by atoms with van der Waals surface area (Å²) in [5.41, 5.74) is 3.07. The Bertz CT molecular complexity index is 579. The Morgan fingerprint density at radius 1 is 0.952 bits per heavy atom. The van der Waals surface area contributed by atoms with Gasteiger partial charge in [0.15, 0.2) is 0 Å². The van der Waals surface area contributed by atoms with E-state index in [0.717, 1.165) is 16.8 Å². The smallest absolute Gasteiger partial charge is 0.320 e. The van der Waals surface area contributed by atoms with Crippen molar-refractivity contribution in [2.75, 3.05) is 19.4 Å². The molecule has 0 fully saturated rings. The van der Waals surface area contributed by atoms with Crippen molar-refractivity contribution >= 4 is 11.7 Å². The summed E-state index contributed by atoms with van der Waals surface area (Å²) in [6.45, 7) is 1.93. The lowest BCUT2D eigenvalue weighted by Gasteiger charge is -2.21. The van der Waals surface area contributed by atoms with E-state index in [1.807, 2.05) is 68.4 Å². The molecule has 1 atom stereocenters. The fraction of sp³-hybridized carbons (Fsp3) is 0.235. The number of benzene rings is 2. The Morgan fingerprint density at radius 3 is 2.10 bits per heavy atom. The van der Waals surface area contributed by atoms with Gasteiger partial charge in [-0.2, -0.15) is 0 Å². The molecule has 0 radical (unpaired) electrons. The lowest BCUT2D eigenvalue weighted by atomic mass is 10.1. The van der Waals surface area contributed by atoms with Gasteiger partial charge in [-0.05, 0) is 44.3 Å². The molecule has 0 saturated carbocycles. The second kappa shape index (κ2) is 6.90. The van der Waals surface area contributed by atoms with Gasteiger partial charge in [0, 0.05) is 5.69 Å². The minimum atomic E-state index is -0.205. The molecule has 2 amide bonds. The van der Waals surface area contributed by atoms with Crippen molar-refractivity contribution in [3.8, 4) is 11.1 Å². The molecular formula is C17H21N3O. The second-order valence-electron chi connectivity index (χ2n) is 5.18. The van der Waals surface area contributed by atoms with Crippen molar-refractivity contribution in [3.63, 3.8) is 0 Å². The fourth-order valence-corrected chi connectivity index (χ4v) is 1.86. The number of rotatable bonds is 4. The van der Waals surface area contributed by atoms with Crippen LogP contribution < -0.4 is 10.6 Å². The number of carbonyl (C=O) groups excluding carboxylic acids is 1. The first-order chi connectivity index (χ1) is 10.1. The Hall–Kier alpha value is -2.33. The Balaban J connectivity index is 1.98. The van der Waals surface area contributed by atoms with Crippen LogP contribution in [0.5, 0.6) is 0 Å². The molecule has 2 aromatic rings. The summed E-state index contributed by atoms with van der Waals surface area (Å²) in [6.07, 6.45) is -0.0198. The molecule has 0 aliphatic rings. The van der Waals surface area contributed by atoms with E-state index >= 15 is 0 Å². The molecule has 1 unspecified atom stereocenters. The topological polar surface area (TPSA) is 44.4 Å². The van der Waals surface area contributed by atoms with E-state index < -0.39 is 0 Å². The van der Waals surface area contributed by atoms with Crippen LogP contribution in [0.2, 0.25) is 0 Å². The standard InChI is InChI=1S/C17H21N3O/c1-13(20(2)3)18-17(21)19-16-11-9-15(10-12-16)14-7-5-4-6-8-14/h4-13H,1-3H3,(H2,18,19,21). The van der Waals surface area contributed by atoms with E-state index in [2.05, 4.69) is 22.8 Å². The van der Waals surface area contributed by atoms with Crippen molar-refractivity contribution < 1.29 is 4.79 Å². The van der Waals surface area contributed by atoms with Gasteiger partial charge in [-0.3, -0.25) is 4.90 Å². The maximum absolute atomic E-state index is 11.8. The largest absolute Gasteiger partial charge is 0.323 e. The number of urea groups is 1. The van der Waals surface area contributed by atoms with Gasteiger partial charge in [0.2, 0.25) is 0 Å². The first-order valence-electron chi connectivity index (χ1n) is 6.95. The molecule has 21 heavy (non-hydrogen) atoms. The Kier molecular flexibility index (Phi) is 4.95. The molecule has 110 valence electrons. The summed E-state index contributed by atoms with van der Waals surface area (Å²) in [5, 5.41) is 5.68. The van der Waals surface area contributed by atoms with Crippen LogP contribution in [0.3, 0.4) is 0 Å². The zero-order valence-electron chi connectivity index (χ0n) is 12.6. The van der Waals surface area contributed by atoms with E-state index in [1.165, 1.54) is 0 Å². The van der Waals surface area contributed by atoms with Gasteiger partial charge in [-0.1, -0.05) is 42.5 Å². The van der Waals surface area contributed by atoms with Crippen molar-refractivity contribution in [2.24, 2.45) is 0 Å². The lowest BCUT2D eigenvalue weighted by Crippen LogP contribution is -2.44. The molecule has 0 bridgehead atoms. The molecule has 4 heteroatoms. The highest BCUT2D eigenvalue weighted by molar-refractivity contribution is 5.89. The fourth-order valence-electron chi connectivity index (χ4n) is 1.86. The van der Waals surface area contributed by atoms with Crippen LogP contribution in [0.15, 0.2) is 54.6 Å². The van der Waals surface area contributed by atoms with Gasteiger partial charge >= 0.3 is 6.03 Å². The monoisotopic (exact) mass is 283 g/mol. The number of nitrogens with zero attached hydrogens (tertiary/aromatic N) is 1. The van der Waals surface area contributed by atoms with Crippen molar-refractivity contribution in [3.05, 3.63) is 54.6 Å². The second-order valence-corrected chi connectivity index (χ2v) is 5.18. The summed E-state index contributed by atoms with van der Waals surface area (Å²) in [6, 6.07) is 17.8. The summed E-state index contributed by atoms with van der Waals surface area (Å²) in [4.78, 5) is 13.8. The van der Waals surface area contributed by atoms with Gasteiger partial charge in [0.1, 0.15) is 0 Å². The maximum atomic E-state index is 11.8. The van der Waals surface area contributed by atoms with Crippen LogP contribution >= 0.6 is 0 Å². The lowest BCUT2D eigenvalue weighted by molar-refractivity contribution is 0.227. The predicted molar refractivity (Wildman–Crippen MR) is 87.2 cm³/mol. The van der Waals surface area contributed by atoms with Crippen LogP contribution in [-0.2, 0) is 0 Å². The van der Waals surface area contributed by atoms with Gasteiger partial charge in [-0.15, -0.1) is 0 Å². The number of hydrogen-bond acceptors (Lipinski definition) is 2. The zero-order chi connectivity index (χ0) is 15.2. The minimum Gasteiger partial charge on any atom is -0.323 e. The van der Waals surface area contributed by atoms with Crippen LogP contribution in [0.25, 0.3) is 11.1 Å². The SMILES string of the molecule is CC(NC(=O)Nc1ccc(-c2ccccc2)cc1)N(C)C. The van der Waals surface area contributed by atoms with Crippen molar-refractivity contribution in [2.45, 2.75) is 13.1 Å². The quantitative estimate of drug-likeness (QED) is 0.845. The van der Waals surface area contributed by atoms with Crippen molar-refractivity contribution in [1.29, 1.82) is 0 Å². The molecule has 0 aliphatic heterocycles. The molecular weight excluding hydrogens is 262 g/mol. The molecule has 2 N–H and O–H groups in total. The summed E-state index contributed by atoms with van der Waals surface area (Å²) in [7, 11) is 3.83. The molecule has 2 aromatic carbocycles. The van der Waals surface area contributed by atoms with Crippen molar-refractivity contribution in [1.82, 2.24) is 10.2 Å². The van der Waals surface area contributed by atoms with Gasteiger partial charge in [0.05, 0.1) is 6.17 Å². The average Bonchev–Trinajstić information content (AvgIpc) is 2.48. The first-order valence-corrected chi connectivity index (χ1v) is 6.95. The first kappa shape index (κ1) is 15.1. The number of carbonyl (C=O) groups is 1. The highest BCUT2D eigenvalue weighted by Crippen LogP contribution is 2.20. The van der Waals surface area contributed by atoms with Gasteiger partial charge in [-0.25, -0.2) is 4.79 Å². The van der Waals surface area contributed by atoms with Gasteiger partial charge in [0.25, 0.3) is 0 Å². The summed E-state index contributed by atoms with van der Waals surface area (Å²) in [5.74, 6) is 0. The third kappa shape index (κ3) is 4.33. The third-order valence-corrected chi connectivity index (χ3v) is 3.36. The average molecular weight is 283 g/mol. The Morgan fingerprint density at radius 2 is 1.52 bits per heavy atom. The number of amides is 2. The van der Waals surface area contributed by atoms with Crippen LogP contribution in [0.1, 0.15) is 6.92 Å². The molecule has 2 rings (SSSR count). The molecule has 4 nitrogen and oxygen atoms in total. The zero-order valence-corrected chi connectivity index (χ0v) is 12.6. The number of hydrogen-bond donors (Lipinski definition) is 2. The highest BCUT2D eigenvalue weighted by Gasteiger charge is 2.08. The van der Waals surface area contributed by atoms with Crippen LogP contribution in [0, 0.1) is 0 Å². The number of anilines is 1. The summed E-state index contributed by atoms with van der Waals surface area (Å²) < 4.78 is 0. The van der Waals surface area contributed by atoms with E-state index in [0.29, 0.717) is 0 Å². The molecule has 0 spiro atoms. The van der Waals surface area contributed by atoms with Crippen LogP contribution in [-0.4, -0.2) is 31.2 Å². The predicted octanol–water partition coefficient (Wildman–Crippen LogP) is 3.38. The Labute approximate surface area is 125 Å². The summed E-state index contributed by atoms with van der Waals surface area (Å²) >= 11 is 0. The molecule has 0 aromatic heterocycles. The van der Waals surface area contributed by atoms with E-state index in [1.54, 1.807) is 0 Å². The van der Waals surface area contributed by atoms with Crippen LogP contribution in [0.4, 0.5) is 10.5 Å².